The van der Waals surface area contributed by atoms with Crippen molar-refractivity contribution >= 4 is 46.6 Å². The maximum atomic E-state index is 12.9. The molecule has 0 bridgehead atoms. The zero-order valence-corrected chi connectivity index (χ0v) is 19.0. The molecule has 0 unspecified atom stereocenters. The summed E-state index contributed by atoms with van der Waals surface area (Å²) in [4.78, 5) is 38.2. The maximum Gasteiger partial charge on any atom is 0.373 e. The topological polar surface area (TPSA) is 86.0 Å². The molecule has 0 atom stereocenters. The van der Waals surface area contributed by atoms with Gasteiger partial charge in [-0.2, -0.15) is 0 Å². The Labute approximate surface area is 198 Å². The van der Waals surface area contributed by atoms with Gasteiger partial charge in [0.15, 0.2) is 0 Å². The molecule has 0 saturated carbocycles. The summed E-state index contributed by atoms with van der Waals surface area (Å²) in [5.41, 5.74) is 1.61. The monoisotopic (exact) mass is 483 g/mol. The van der Waals surface area contributed by atoms with Crippen LogP contribution < -0.4 is 4.74 Å². The Balaban J connectivity index is 1.48. The molecule has 1 aromatic heterocycles. The minimum absolute atomic E-state index is 0.00165. The van der Waals surface area contributed by atoms with Crippen molar-refractivity contribution in [1.82, 2.24) is 4.90 Å². The third-order valence-corrected chi connectivity index (χ3v) is 5.91. The van der Waals surface area contributed by atoms with Crippen LogP contribution in [0.5, 0.6) is 5.75 Å². The predicted octanol–water partition coefficient (Wildman–Crippen LogP) is 5.54. The highest BCUT2D eigenvalue weighted by molar-refractivity contribution is 8.18. The number of esters is 1. The van der Waals surface area contributed by atoms with Crippen LogP contribution >= 0.6 is 23.4 Å². The smallest absolute Gasteiger partial charge is 0.373 e. The zero-order valence-electron chi connectivity index (χ0n) is 17.4. The molecule has 168 valence electrons. The molecule has 33 heavy (non-hydrogen) atoms. The summed E-state index contributed by atoms with van der Waals surface area (Å²) in [6.45, 7) is 0.234. The van der Waals surface area contributed by atoms with E-state index in [1.807, 2.05) is 24.3 Å². The first-order chi connectivity index (χ1) is 15.9. The van der Waals surface area contributed by atoms with E-state index in [4.69, 9.17) is 20.8 Å². The quantitative estimate of drug-likeness (QED) is 0.322. The Morgan fingerprint density at radius 2 is 1.85 bits per heavy atom. The molecule has 1 aliphatic heterocycles. The SMILES string of the molecule is COC(=O)c1ccc(CN2C(=O)S/C(=C/c3ccccc3OCc3ccc(Cl)cc3)C2=O)o1. The molecule has 0 spiro atoms. The van der Waals surface area contributed by atoms with Gasteiger partial charge in [0.05, 0.1) is 18.6 Å². The highest BCUT2D eigenvalue weighted by Crippen LogP contribution is 2.35. The fraction of sp³-hybridized carbons (Fsp3) is 0.125. The van der Waals surface area contributed by atoms with E-state index in [1.54, 1.807) is 30.3 Å². The number of furan rings is 1. The van der Waals surface area contributed by atoms with Crippen LogP contribution in [0.3, 0.4) is 0 Å². The van der Waals surface area contributed by atoms with Crippen LogP contribution in [-0.4, -0.2) is 29.1 Å². The molecular weight excluding hydrogens is 466 g/mol. The lowest BCUT2D eigenvalue weighted by Gasteiger charge is -2.11. The van der Waals surface area contributed by atoms with Crippen LogP contribution in [0.25, 0.3) is 6.08 Å². The molecule has 2 amide bonds. The molecule has 3 aromatic rings. The van der Waals surface area contributed by atoms with E-state index < -0.39 is 17.1 Å². The number of carbonyl (C=O) groups is 3. The van der Waals surface area contributed by atoms with Gasteiger partial charge in [-0.25, -0.2) is 4.79 Å². The molecule has 4 rings (SSSR count). The Morgan fingerprint density at radius 3 is 2.61 bits per heavy atom. The van der Waals surface area contributed by atoms with E-state index in [9.17, 15) is 14.4 Å². The number of halogens is 1. The van der Waals surface area contributed by atoms with Crippen LogP contribution in [0.1, 0.15) is 27.4 Å². The summed E-state index contributed by atoms with van der Waals surface area (Å²) in [6, 6.07) is 17.5. The van der Waals surface area contributed by atoms with Crippen LogP contribution in [0.4, 0.5) is 4.79 Å². The molecule has 2 heterocycles. The van der Waals surface area contributed by atoms with Gasteiger partial charge in [0, 0.05) is 10.6 Å². The number of imide groups is 1. The number of para-hydroxylation sites is 1. The van der Waals surface area contributed by atoms with Gasteiger partial charge in [-0.1, -0.05) is 41.9 Å². The summed E-state index contributed by atoms with van der Waals surface area (Å²) in [7, 11) is 1.24. The molecule has 1 aliphatic rings. The summed E-state index contributed by atoms with van der Waals surface area (Å²) >= 11 is 6.75. The lowest BCUT2D eigenvalue weighted by atomic mass is 10.1. The first kappa shape index (κ1) is 22.7. The van der Waals surface area contributed by atoms with Crippen molar-refractivity contribution in [2.75, 3.05) is 7.11 Å². The second-order valence-corrected chi connectivity index (χ2v) is 8.41. The van der Waals surface area contributed by atoms with Gasteiger partial charge >= 0.3 is 5.97 Å². The van der Waals surface area contributed by atoms with Gasteiger partial charge in [-0.3, -0.25) is 14.5 Å². The van der Waals surface area contributed by atoms with Crippen LogP contribution in [0.15, 0.2) is 70.0 Å². The van der Waals surface area contributed by atoms with Gasteiger partial charge in [-0.15, -0.1) is 0 Å². The fourth-order valence-corrected chi connectivity index (χ4v) is 4.03. The zero-order chi connectivity index (χ0) is 23.4. The van der Waals surface area contributed by atoms with E-state index in [1.165, 1.54) is 19.2 Å². The second kappa shape index (κ2) is 9.97. The van der Waals surface area contributed by atoms with Crippen molar-refractivity contribution in [3.8, 4) is 5.75 Å². The van der Waals surface area contributed by atoms with Crippen LogP contribution in [0, 0.1) is 0 Å². The fourth-order valence-electron chi connectivity index (χ4n) is 3.08. The third kappa shape index (κ3) is 5.30. The first-order valence-electron chi connectivity index (χ1n) is 9.83. The van der Waals surface area contributed by atoms with Gasteiger partial charge in [0.2, 0.25) is 5.76 Å². The Bertz CT molecular complexity index is 1230. The largest absolute Gasteiger partial charge is 0.488 e. The number of nitrogens with zero attached hydrogens (tertiary/aromatic N) is 1. The van der Waals surface area contributed by atoms with Crippen molar-refractivity contribution in [3.05, 3.63) is 93.2 Å². The normalized spacial score (nSPS) is 14.7. The van der Waals surface area contributed by atoms with E-state index in [-0.39, 0.29) is 17.2 Å². The van der Waals surface area contributed by atoms with Crippen LogP contribution in [0.2, 0.25) is 5.02 Å². The Morgan fingerprint density at radius 1 is 1.09 bits per heavy atom. The standard InChI is InChI=1S/C24H18ClNO6S/c1-30-23(28)20-11-10-18(32-20)13-26-22(27)21(33-24(26)29)12-16-4-2-3-5-19(16)31-14-15-6-8-17(25)9-7-15/h2-12H,13-14H2,1H3/b21-12+. The van der Waals surface area contributed by atoms with E-state index in [0.717, 1.165) is 22.2 Å². The Hall–Kier alpha value is -3.49. The van der Waals surface area contributed by atoms with Gasteiger partial charge in [0.1, 0.15) is 18.1 Å². The number of thioether (sulfide) groups is 1. The average molecular weight is 484 g/mol. The van der Waals surface area contributed by atoms with E-state index in [0.29, 0.717) is 28.7 Å². The number of carbonyl (C=O) groups excluding carboxylic acids is 3. The molecule has 2 aromatic carbocycles. The molecule has 0 N–H and O–H groups in total. The lowest BCUT2D eigenvalue weighted by molar-refractivity contribution is -0.123. The molecule has 7 nitrogen and oxygen atoms in total. The summed E-state index contributed by atoms with van der Waals surface area (Å²) in [6.07, 6.45) is 1.63. The van der Waals surface area contributed by atoms with Crippen molar-refractivity contribution in [3.63, 3.8) is 0 Å². The number of rotatable bonds is 7. The number of hydrogen-bond acceptors (Lipinski definition) is 7. The van der Waals surface area contributed by atoms with Crippen molar-refractivity contribution < 1.29 is 28.3 Å². The molecule has 1 saturated heterocycles. The van der Waals surface area contributed by atoms with Crippen LogP contribution in [-0.2, 0) is 22.7 Å². The minimum Gasteiger partial charge on any atom is -0.488 e. The number of amides is 2. The summed E-state index contributed by atoms with van der Waals surface area (Å²) in [5.74, 6) is -0.209. The molecule has 9 heteroatoms. The maximum absolute atomic E-state index is 12.9. The highest BCUT2D eigenvalue weighted by atomic mass is 35.5. The predicted molar refractivity (Wildman–Crippen MR) is 124 cm³/mol. The first-order valence-corrected chi connectivity index (χ1v) is 11.0. The number of hydrogen-bond donors (Lipinski definition) is 0. The Kier molecular flexibility index (Phi) is 6.86. The van der Waals surface area contributed by atoms with E-state index >= 15 is 0 Å². The molecular formula is C24H18ClNO6S. The van der Waals surface area contributed by atoms with Gasteiger partial charge in [-0.05, 0) is 53.7 Å². The van der Waals surface area contributed by atoms with E-state index in [2.05, 4.69) is 4.74 Å². The summed E-state index contributed by atoms with van der Waals surface area (Å²) < 4.78 is 15.9. The molecule has 0 radical (unpaired) electrons. The lowest BCUT2D eigenvalue weighted by Crippen LogP contribution is -2.27. The van der Waals surface area contributed by atoms with Crippen molar-refractivity contribution in [2.45, 2.75) is 13.2 Å². The van der Waals surface area contributed by atoms with Gasteiger partial charge in [0.25, 0.3) is 11.1 Å². The van der Waals surface area contributed by atoms with Gasteiger partial charge < -0.3 is 13.9 Å². The van der Waals surface area contributed by atoms with Crippen molar-refractivity contribution in [1.29, 1.82) is 0 Å². The summed E-state index contributed by atoms with van der Waals surface area (Å²) in [5, 5.41) is 0.216. The highest BCUT2D eigenvalue weighted by Gasteiger charge is 2.36. The van der Waals surface area contributed by atoms with Crippen molar-refractivity contribution in [2.24, 2.45) is 0 Å². The minimum atomic E-state index is -0.634. The third-order valence-electron chi connectivity index (χ3n) is 4.75. The number of methoxy groups -OCH3 is 1. The average Bonchev–Trinajstić information content (AvgIpc) is 3.39. The number of ether oxygens (including phenoxy) is 2. The number of benzene rings is 2. The molecule has 1 fully saturated rings. The molecule has 0 aliphatic carbocycles. The second-order valence-electron chi connectivity index (χ2n) is 6.98.